The summed E-state index contributed by atoms with van der Waals surface area (Å²) in [6.45, 7) is 10.9. The molecule has 3 aromatic rings. The maximum atomic E-state index is 14.6. The highest BCUT2D eigenvalue weighted by atomic mass is 19.1. The minimum atomic E-state index is -0.551. The second kappa shape index (κ2) is 8.16. The lowest BCUT2D eigenvalue weighted by Crippen LogP contribution is -2.59. The van der Waals surface area contributed by atoms with E-state index in [0.29, 0.717) is 43.3 Å². The first-order valence-corrected chi connectivity index (χ1v) is 11.5. The Morgan fingerprint density at radius 2 is 2.00 bits per heavy atom. The van der Waals surface area contributed by atoms with Gasteiger partial charge in [-0.05, 0) is 31.9 Å². The molecule has 0 N–H and O–H groups in total. The number of carbonyl (C=O) groups excluding carboxylic acids is 1. The van der Waals surface area contributed by atoms with Crippen LogP contribution in [0.25, 0.3) is 21.7 Å². The molecule has 0 radical (unpaired) electrons. The van der Waals surface area contributed by atoms with Gasteiger partial charge >= 0.3 is 6.09 Å². The molecule has 4 heterocycles. The van der Waals surface area contributed by atoms with Crippen LogP contribution >= 0.6 is 0 Å². The Kier molecular flexibility index (Phi) is 5.07. The Morgan fingerprint density at radius 1 is 1.23 bits per heavy atom. The lowest BCUT2D eigenvalue weighted by molar-refractivity contribution is -0.111. The molecule has 2 aliphatic heterocycles. The predicted molar refractivity (Wildman–Crippen MR) is 121 cm³/mol. The molecule has 3 aliphatic rings. The summed E-state index contributed by atoms with van der Waals surface area (Å²) in [4.78, 5) is 30.7. The molecule has 2 atom stereocenters. The smallest absolute Gasteiger partial charge is 0.410 e. The van der Waals surface area contributed by atoms with Gasteiger partial charge in [0.05, 0.1) is 25.5 Å². The standard InChI is InChI=1S/C24H23FN6O4/c1-24(5-6-24)35-23(32)30-8-14-10-33-11-15(9-30)20(14)34-22-19-21(27-12-28-22)31(13-29-19)18-4-3-16(26-2)7-17(18)25/h3-4,7,12-15,20H,5-6,8-11H2,1H3. The average molecular weight is 478 g/mol. The van der Waals surface area contributed by atoms with Crippen molar-refractivity contribution in [2.75, 3.05) is 26.3 Å². The maximum Gasteiger partial charge on any atom is 0.410 e. The molecule has 2 aromatic heterocycles. The molecule has 1 amide bonds. The van der Waals surface area contributed by atoms with Crippen LogP contribution in [0, 0.1) is 24.2 Å². The normalized spacial score (nSPS) is 24.6. The van der Waals surface area contributed by atoms with Crippen molar-refractivity contribution < 1.29 is 23.4 Å². The highest BCUT2D eigenvalue weighted by molar-refractivity contribution is 5.78. The number of piperidine rings is 1. The molecule has 3 fully saturated rings. The van der Waals surface area contributed by atoms with Crippen molar-refractivity contribution in [2.45, 2.75) is 31.5 Å². The van der Waals surface area contributed by atoms with Gasteiger partial charge in [0.1, 0.15) is 30.2 Å². The van der Waals surface area contributed by atoms with Gasteiger partial charge in [-0.3, -0.25) is 4.57 Å². The Balaban J connectivity index is 1.25. The van der Waals surface area contributed by atoms with Gasteiger partial charge in [0, 0.05) is 24.9 Å². The van der Waals surface area contributed by atoms with Crippen LogP contribution in [0.4, 0.5) is 14.9 Å². The minimum Gasteiger partial charge on any atom is -0.472 e. The Bertz CT molecular complexity index is 1340. The van der Waals surface area contributed by atoms with E-state index in [1.807, 2.05) is 6.92 Å². The first-order chi connectivity index (χ1) is 16.9. The zero-order chi connectivity index (χ0) is 24.2. The van der Waals surface area contributed by atoms with Crippen molar-refractivity contribution in [3.8, 4) is 11.6 Å². The van der Waals surface area contributed by atoms with Gasteiger partial charge < -0.3 is 19.1 Å². The molecule has 0 spiro atoms. The molecule has 10 nitrogen and oxygen atoms in total. The molecule has 2 saturated heterocycles. The predicted octanol–water partition coefficient (Wildman–Crippen LogP) is 3.52. The van der Waals surface area contributed by atoms with Gasteiger partial charge in [-0.25, -0.2) is 24.0 Å². The SMILES string of the molecule is [C-]#[N+]c1ccc(-n2cnc3c(OC4C5COCC4CN(C(=O)OC4(C)CC4)C5)ncnc32)c(F)c1. The first-order valence-electron chi connectivity index (χ1n) is 11.5. The number of fused-ring (bicyclic) bond motifs is 3. The van der Waals surface area contributed by atoms with Gasteiger partial charge in [0.2, 0.25) is 5.88 Å². The first kappa shape index (κ1) is 21.7. The fourth-order valence-electron chi connectivity index (χ4n) is 4.76. The van der Waals surface area contributed by atoms with E-state index in [1.54, 1.807) is 11.0 Å². The summed E-state index contributed by atoms with van der Waals surface area (Å²) in [5.41, 5.74) is 0.917. The largest absolute Gasteiger partial charge is 0.472 e. The van der Waals surface area contributed by atoms with Crippen molar-refractivity contribution in [2.24, 2.45) is 11.8 Å². The summed E-state index contributed by atoms with van der Waals surface area (Å²) in [5.74, 6) is -0.347. The number of hydrogen-bond acceptors (Lipinski definition) is 7. The van der Waals surface area contributed by atoms with E-state index in [-0.39, 0.29) is 41.0 Å². The molecule has 1 saturated carbocycles. The van der Waals surface area contributed by atoms with Crippen molar-refractivity contribution in [3.05, 3.63) is 48.1 Å². The highest BCUT2D eigenvalue weighted by Gasteiger charge is 2.47. The summed E-state index contributed by atoms with van der Waals surface area (Å²) in [6.07, 6.45) is 4.12. The van der Waals surface area contributed by atoms with Crippen LogP contribution in [0.5, 0.6) is 5.88 Å². The van der Waals surface area contributed by atoms with Crippen LogP contribution in [-0.4, -0.2) is 68.5 Å². The highest BCUT2D eigenvalue weighted by Crippen LogP contribution is 2.40. The molecule has 1 aromatic carbocycles. The summed E-state index contributed by atoms with van der Waals surface area (Å²) < 4.78 is 33.9. The fourth-order valence-corrected chi connectivity index (χ4v) is 4.76. The summed E-state index contributed by atoms with van der Waals surface area (Å²) in [7, 11) is 0. The number of hydrogen-bond donors (Lipinski definition) is 0. The Morgan fingerprint density at radius 3 is 2.69 bits per heavy atom. The Hall–Kier alpha value is -3.78. The molecular formula is C24H23FN6O4. The number of likely N-dealkylation sites (tertiary alicyclic amines) is 1. The van der Waals surface area contributed by atoms with Crippen LogP contribution in [0.15, 0.2) is 30.9 Å². The van der Waals surface area contributed by atoms with Crippen LogP contribution in [-0.2, 0) is 9.47 Å². The molecule has 11 heteroatoms. The lowest BCUT2D eigenvalue weighted by Gasteiger charge is -2.45. The Labute approximate surface area is 200 Å². The number of imidazole rings is 1. The van der Waals surface area contributed by atoms with E-state index in [1.165, 1.54) is 29.4 Å². The second-order valence-electron chi connectivity index (χ2n) is 9.58. The molecule has 2 bridgehead atoms. The second-order valence-corrected chi connectivity index (χ2v) is 9.58. The van der Waals surface area contributed by atoms with Gasteiger partial charge in [-0.1, -0.05) is 6.07 Å². The molecular weight excluding hydrogens is 455 g/mol. The number of carbonyl (C=O) groups is 1. The minimum absolute atomic E-state index is 0.0484. The van der Waals surface area contributed by atoms with Gasteiger partial charge in [-0.15, -0.1) is 0 Å². The topological polar surface area (TPSA) is 96.0 Å². The number of amides is 1. The third-order valence-corrected chi connectivity index (χ3v) is 6.92. The zero-order valence-corrected chi connectivity index (χ0v) is 19.1. The van der Waals surface area contributed by atoms with E-state index >= 15 is 0 Å². The fraction of sp³-hybridized carbons (Fsp3) is 0.458. The summed E-state index contributed by atoms with van der Waals surface area (Å²) >= 11 is 0. The van der Waals surface area contributed by atoms with Gasteiger partial charge in [0.25, 0.3) is 0 Å². The summed E-state index contributed by atoms with van der Waals surface area (Å²) in [6, 6.07) is 4.24. The van der Waals surface area contributed by atoms with Crippen molar-refractivity contribution in [3.63, 3.8) is 0 Å². The van der Waals surface area contributed by atoms with E-state index in [9.17, 15) is 9.18 Å². The van der Waals surface area contributed by atoms with E-state index in [2.05, 4.69) is 19.8 Å². The monoisotopic (exact) mass is 478 g/mol. The van der Waals surface area contributed by atoms with E-state index < -0.39 is 5.82 Å². The third-order valence-electron chi connectivity index (χ3n) is 6.92. The molecule has 6 rings (SSSR count). The van der Waals surface area contributed by atoms with Crippen molar-refractivity contribution in [1.82, 2.24) is 24.4 Å². The van der Waals surface area contributed by atoms with Crippen LogP contribution in [0.1, 0.15) is 19.8 Å². The number of nitrogens with zero attached hydrogens (tertiary/aromatic N) is 6. The average Bonchev–Trinajstić information content (AvgIpc) is 3.40. The van der Waals surface area contributed by atoms with Crippen LogP contribution in [0.2, 0.25) is 0 Å². The number of rotatable bonds is 4. The van der Waals surface area contributed by atoms with E-state index in [0.717, 1.165) is 12.8 Å². The van der Waals surface area contributed by atoms with Crippen molar-refractivity contribution in [1.29, 1.82) is 0 Å². The molecule has 2 unspecified atom stereocenters. The number of benzene rings is 1. The third kappa shape index (κ3) is 3.93. The maximum absolute atomic E-state index is 14.6. The molecule has 35 heavy (non-hydrogen) atoms. The number of aromatic nitrogens is 4. The van der Waals surface area contributed by atoms with Gasteiger partial charge in [-0.2, -0.15) is 4.98 Å². The lowest BCUT2D eigenvalue weighted by atomic mass is 9.84. The van der Waals surface area contributed by atoms with Crippen molar-refractivity contribution >= 4 is 22.9 Å². The van der Waals surface area contributed by atoms with E-state index in [4.69, 9.17) is 20.8 Å². The zero-order valence-electron chi connectivity index (χ0n) is 19.1. The quantitative estimate of drug-likeness (QED) is 0.530. The molecule has 180 valence electrons. The van der Waals surface area contributed by atoms with Gasteiger partial charge in [0.15, 0.2) is 16.9 Å². The van der Waals surface area contributed by atoms with Crippen LogP contribution in [0.3, 0.4) is 0 Å². The van der Waals surface area contributed by atoms with Crippen LogP contribution < -0.4 is 4.74 Å². The molecule has 1 aliphatic carbocycles. The number of ether oxygens (including phenoxy) is 3. The number of halogens is 1. The summed E-state index contributed by atoms with van der Waals surface area (Å²) in [5, 5.41) is 0.